The minimum Gasteiger partial charge on any atom is -0.491 e. The molecule has 4 aliphatic rings. The molecule has 0 aromatic heterocycles. The normalized spacial score (nSPS) is 25.9. The number of benzene rings is 2. The summed E-state index contributed by atoms with van der Waals surface area (Å²) < 4.78 is 5.51. The third-order valence-electron chi connectivity index (χ3n) is 8.55. The highest BCUT2D eigenvalue weighted by Gasteiger charge is 2.56. The second-order valence-electron chi connectivity index (χ2n) is 10.8. The van der Waals surface area contributed by atoms with E-state index in [0.29, 0.717) is 39.6 Å². The number of hydrogen-bond acceptors (Lipinski definition) is 6. The van der Waals surface area contributed by atoms with Crippen LogP contribution in [0.1, 0.15) is 36.8 Å². The topological polar surface area (TPSA) is 101 Å². The van der Waals surface area contributed by atoms with Gasteiger partial charge in [-0.15, -0.1) is 0 Å². The number of anilines is 1. The number of aliphatic hydroxyl groups is 1. The van der Waals surface area contributed by atoms with E-state index in [-0.39, 0.29) is 43.0 Å². The molecule has 204 valence electrons. The molecule has 1 N–H and O–H groups in total. The summed E-state index contributed by atoms with van der Waals surface area (Å²) in [4.78, 5) is 55.6. The van der Waals surface area contributed by atoms with E-state index in [1.807, 2.05) is 25.1 Å². The Morgan fingerprint density at radius 1 is 1.00 bits per heavy atom. The van der Waals surface area contributed by atoms with Gasteiger partial charge in [0.1, 0.15) is 12.4 Å². The average molecular weight is 558 g/mol. The lowest BCUT2D eigenvalue weighted by atomic mass is 9.59. The van der Waals surface area contributed by atoms with Crippen LogP contribution in [0.3, 0.4) is 0 Å². The summed E-state index contributed by atoms with van der Waals surface area (Å²) >= 11 is 6.34. The van der Waals surface area contributed by atoms with Gasteiger partial charge in [-0.2, -0.15) is 0 Å². The smallest absolute Gasteiger partial charge is 0.238 e. The van der Waals surface area contributed by atoms with Crippen molar-refractivity contribution in [2.24, 2.45) is 17.8 Å². The van der Waals surface area contributed by atoms with Gasteiger partial charge in [0.2, 0.25) is 11.8 Å². The van der Waals surface area contributed by atoms with Crippen LogP contribution in [0.5, 0.6) is 5.75 Å². The van der Waals surface area contributed by atoms with E-state index in [0.717, 1.165) is 16.7 Å². The van der Waals surface area contributed by atoms with E-state index in [9.17, 15) is 19.2 Å². The summed E-state index contributed by atoms with van der Waals surface area (Å²) in [6.07, 6.45) is 3.99. The van der Waals surface area contributed by atoms with Gasteiger partial charge in [0, 0.05) is 27.7 Å². The van der Waals surface area contributed by atoms with E-state index in [4.69, 9.17) is 21.4 Å². The molecule has 4 atom stereocenters. The minimum atomic E-state index is -0.648. The molecule has 1 heterocycles. The van der Waals surface area contributed by atoms with E-state index >= 15 is 0 Å². The molecule has 1 fully saturated rings. The number of amides is 2. The van der Waals surface area contributed by atoms with Gasteiger partial charge in [-0.3, -0.25) is 19.2 Å². The van der Waals surface area contributed by atoms with Gasteiger partial charge >= 0.3 is 0 Å². The number of nitrogens with zero attached hydrogens (tertiary/aromatic N) is 1. The summed E-state index contributed by atoms with van der Waals surface area (Å²) in [5.74, 6) is -2.52. The number of imide groups is 1. The fourth-order valence-corrected chi connectivity index (χ4v) is 6.83. The Labute approximate surface area is 236 Å². The maximum atomic E-state index is 14.0. The Morgan fingerprint density at radius 3 is 2.45 bits per heavy atom. The van der Waals surface area contributed by atoms with Gasteiger partial charge in [-0.25, -0.2) is 4.90 Å². The predicted molar refractivity (Wildman–Crippen MR) is 149 cm³/mol. The van der Waals surface area contributed by atoms with Crippen LogP contribution in [-0.2, 0) is 19.2 Å². The highest BCUT2D eigenvalue weighted by atomic mass is 35.5. The monoisotopic (exact) mass is 557 g/mol. The second-order valence-corrected chi connectivity index (χ2v) is 11.2. The van der Waals surface area contributed by atoms with E-state index in [1.165, 1.54) is 11.0 Å². The van der Waals surface area contributed by atoms with Gasteiger partial charge in [0.25, 0.3) is 0 Å². The Kier molecular flexibility index (Phi) is 6.59. The maximum absolute atomic E-state index is 14.0. The first-order chi connectivity index (χ1) is 19.2. The summed E-state index contributed by atoms with van der Waals surface area (Å²) in [7, 11) is 0. The molecule has 0 radical (unpaired) electrons. The standard InChI is InChI=1S/C32H28ClNO6/c1-16-3-6-19(14-25(16)33)34-31(38)22-10-9-21-23(28(22)32(34)39)15-24-29(26(36)13-17(2)30(24)37)27(21)18-4-7-20(8-5-18)40-12-11-35/h3-9,13-14,22-23,27-28,35H,10-12,15H2,1-2H3/t22-,23+,27-,28-/m0/s1. The van der Waals surface area contributed by atoms with Crippen molar-refractivity contribution in [1.29, 1.82) is 0 Å². The van der Waals surface area contributed by atoms with Crippen molar-refractivity contribution in [2.45, 2.75) is 32.6 Å². The van der Waals surface area contributed by atoms with Crippen LogP contribution in [-0.4, -0.2) is 41.7 Å². The molecule has 7 nitrogen and oxygen atoms in total. The van der Waals surface area contributed by atoms with Gasteiger partial charge in [0.05, 0.1) is 24.1 Å². The fourth-order valence-electron chi connectivity index (χ4n) is 6.66. The van der Waals surface area contributed by atoms with Crippen molar-refractivity contribution in [1.82, 2.24) is 0 Å². The van der Waals surface area contributed by atoms with Gasteiger partial charge < -0.3 is 9.84 Å². The third-order valence-corrected chi connectivity index (χ3v) is 8.96. The SMILES string of the molecule is CC1=CC(=O)C2=C(C[C@@H]3C(=CC[C@@H]4C(=O)N(c5ccc(C)c(Cl)c5)C(=O)[C@@H]43)[C@@H]2c2ccc(OCCO)cc2)C1=O. The zero-order chi connectivity index (χ0) is 28.3. The Morgan fingerprint density at radius 2 is 1.75 bits per heavy atom. The maximum Gasteiger partial charge on any atom is 0.238 e. The average Bonchev–Trinajstić information content (AvgIpc) is 3.21. The highest BCUT2D eigenvalue weighted by molar-refractivity contribution is 6.32. The third kappa shape index (κ3) is 4.07. The fraction of sp³-hybridized carbons (Fsp3) is 0.312. The molecule has 6 rings (SSSR count). The van der Waals surface area contributed by atoms with Gasteiger partial charge in [0.15, 0.2) is 11.6 Å². The van der Waals surface area contributed by atoms with Crippen LogP contribution in [0.2, 0.25) is 5.02 Å². The number of carbonyl (C=O) groups is 4. The number of aryl methyl sites for hydroxylation is 1. The minimum absolute atomic E-state index is 0.112. The number of ketones is 2. The number of carbonyl (C=O) groups excluding carboxylic acids is 4. The molecular formula is C32H28ClNO6. The van der Waals surface area contributed by atoms with Crippen LogP contribution < -0.4 is 9.64 Å². The largest absolute Gasteiger partial charge is 0.491 e. The van der Waals surface area contributed by atoms with Crippen LogP contribution in [0.15, 0.2) is 76.9 Å². The first-order valence-corrected chi connectivity index (χ1v) is 13.8. The molecule has 0 spiro atoms. The van der Waals surface area contributed by atoms with E-state index in [2.05, 4.69) is 0 Å². The Balaban J connectivity index is 1.43. The molecule has 3 aliphatic carbocycles. The number of hydrogen-bond donors (Lipinski definition) is 1. The molecule has 2 aromatic carbocycles. The highest BCUT2D eigenvalue weighted by Crippen LogP contribution is 2.55. The van der Waals surface area contributed by atoms with Crippen molar-refractivity contribution in [3.05, 3.63) is 93.1 Å². The van der Waals surface area contributed by atoms with Crippen molar-refractivity contribution >= 4 is 40.7 Å². The molecular weight excluding hydrogens is 530 g/mol. The van der Waals surface area contributed by atoms with Gasteiger partial charge in [-0.1, -0.05) is 41.4 Å². The molecule has 40 heavy (non-hydrogen) atoms. The number of rotatable bonds is 5. The molecule has 0 saturated carbocycles. The van der Waals surface area contributed by atoms with Crippen molar-refractivity contribution in [2.75, 3.05) is 18.1 Å². The number of halogens is 1. The lowest BCUT2D eigenvalue weighted by Crippen LogP contribution is -2.39. The first kappa shape index (κ1) is 26.4. The number of fused-ring (bicyclic) bond motifs is 3. The Bertz CT molecular complexity index is 1570. The molecule has 2 amide bonds. The molecule has 0 unspecified atom stereocenters. The van der Waals surface area contributed by atoms with Crippen molar-refractivity contribution < 1.29 is 29.0 Å². The number of Topliss-reactive ketones (excluding diaryl/α,β-unsaturated/α-hetero) is 1. The lowest BCUT2D eigenvalue weighted by molar-refractivity contribution is -0.123. The first-order valence-electron chi connectivity index (χ1n) is 13.4. The number of allylic oxidation sites excluding steroid dienone is 6. The van der Waals surface area contributed by atoms with Crippen LogP contribution in [0, 0.1) is 24.7 Å². The van der Waals surface area contributed by atoms with Crippen molar-refractivity contribution in [3.63, 3.8) is 0 Å². The summed E-state index contributed by atoms with van der Waals surface area (Å²) in [6, 6.07) is 12.4. The van der Waals surface area contributed by atoms with Crippen molar-refractivity contribution in [3.8, 4) is 5.75 Å². The number of ether oxygens (including phenoxy) is 1. The Hall–Kier alpha value is -3.81. The quantitative estimate of drug-likeness (QED) is 0.326. The molecule has 1 aliphatic heterocycles. The molecule has 2 aromatic rings. The zero-order valence-corrected chi connectivity index (χ0v) is 22.9. The molecule has 8 heteroatoms. The lowest BCUT2D eigenvalue weighted by Gasteiger charge is -2.42. The molecule has 0 bridgehead atoms. The van der Waals surface area contributed by atoms with E-state index in [1.54, 1.807) is 37.3 Å². The summed E-state index contributed by atoms with van der Waals surface area (Å²) in [6.45, 7) is 3.53. The van der Waals surface area contributed by atoms with Gasteiger partial charge in [-0.05, 0) is 74.1 Å². The predicted octanol–water partition coefficient (Wildman–Crippen LogP) is 4.65. The summed E-state index contributed by atoms with van der Waals surface area (Å²) in [5.41, 5.74) is 4.22. The van der Waals surface area contributed by atoms with Crippen LogP contribution in [0.4, 0.5) is 5.69 Å². The summed E-state index contributed by atoms with van der Waals surface area (Å²) in [5, 5.41) is 9.55. The van der Waals surface area contributed by atoms with Crippen LogP contribution in [0.25, 0.3) is 0 Å². The van der Waals surface area contributed by atoms with E-state index < -0.39 is 23.7 Å². The van der Waals surface area contributed by atoms with Crippen LogP contribution >= 0.6 is 11.6 Å². The second kappa shape index (κ2) is 9.98. The number of aliphatic hydroxyl groups excluding tert-OH is 1. The zero-order valence-electron chi connectivity index (χ0n) is 22.1. The molecule has 1 saturated heterocycles.